The normalized spacial score (nSPS) is 8.06. The molecule has 0 aliphatic carbocycles. The van der Waals surface area contributed by atoms with E-state index in [2.05, 4.69) is 0 Å². The van der Waals surface area contributed by atoms with Gasteiger partial charge in [-0.3, -0.25) is 0 Å². The largest absolute Gasteiger partial charge is 0.549 e. The van der Waals surface area contributed by atoms with Gasteiger partial charge in [-0.1, -0.05) is 0 Å². The Morgan fingerprint density at radius 1 is 1.06 bits per heavy atom. The maximum absolute atomic E-state index is 9.96. The molecule has 0 aliphatic rings. The standard InChI is InChI=1S/C5H9NO4S.2H3N.4H2O/c6-3(5(9)10)1-11-2-4(7)8;;;;;;/h3H,1-2,6H2,(H,7,8)(H,9,10);2*1H3;4*1H2/t3-;;;;;;/m1....../s1. The number of carboxylic acids is 2. The van der Waals surface area contributed by atoms with Crippen molar-refractivity contribution in [2.75, 3.05) is 11.5 Å². The molecule has 1 atom stereocenters. The molecule has 0 unspecified atom stereocenters. The molecule has 0 aromatic rings. The minimum atomic E-state index is -1.38. The number of carboxylic acid groups (broad SMARTS) is 2. The van der Waals surface area contributed by atoms with Crippen LogP contribution in [-0.2, 0) is 9.59 Å². The molecule has 0 aromatic carbocycles. The van der Waals surface area contributed by atoms with Crippen LogP contribution in [0.1, 0.15) is 0 Å². The molecule has 18 N–H and O–H groups in total. The van der Waals surface area contributed by atoms with Gasteiger partial charge in [0.25, 0.3) is 0 Å². The van der Waals surface area contributed by atoms with Gasteiger partial charge in [0.2, 0.25) is 0 Å². The number of rotatable bonds is 5. The van der Waals surface area contributed by atoms with E-state index in [1.165, 1.54) is 0 Å². The first-order chi connectivity index (χ1) is 5.04. The van der Waals surface area contributed by atoms with Gasteiger partial charge in [0.1, 0.15) is 0 Å². The van der Waals surface area contributed by atoms with E-state index in [9.17, 15) is 19.8 Å². The van der Waals surface area contributed by atoms with Crippen LogP contribution in [0.15, 0.2) is 0 Å². The fraction of sp³-hybridized carbons (Fsp3) is 0.600. The molecule has 0 saturated heterocycles. The molecule has 0 spiro atoms. The Labute approximate surface area is 102 Å². The first kappa shape index (κ1) is 44.4. The molecule has 112 valence electrons. The van der Waals surface area contributed by atoms with Crippen LogP contribution >= 0.6 is 11.8 Å². The third-order valence-electron chi connectivity index (χ3n) is 0.820. The van der Waals surface area contributed by atoms with Crippen molar-refractivity contribution in [2.24, 2.45) is 5.73 Å². The van der Waals surface area contributed by atoms with Crippen molar-refractivity contribution in [3.05, 3.63) is 0 Å². The topological polar surface area (TPSA) is 305 Å². The molecule has 0 heterocycles. The van der Waals surface area contributed by atoms with Gasteiger partial charge in [-0.05, 0) is 0 Å². The van der Waals surface area contributed by atoms with E-state index >= 15 is 0 Å². The summed E-state index contributed by atoms with van der Waals surface area (Å²) < 4.78 is 0. The lowest BCUT2D eigenvalue weighted by atomic mass is 10.4. The monoisotopic (exact) mass is 285 g/mol. The van der Waals surface area contributed by atoms with Crippen LogP contribution in [-0.4, -0.2) is 51.4 Å². The van der Waals surface area contributed by atoms with Crippen LogP contribution in [0, 0.1) is 0 Å². The third kappa shape index (κ3) is 31.3. The molecule has 0 bridgehead atoms. The lowest BCUT2D eigenvalue weighted by molar-refractivity contribution is -0.307. The van der Waals surface area contributed by atoms with Crippen LogP contribution in [0.2, 0.25) is 0 Å². The number of carbonyl (C=O) groups excluding carboxylic acids is 2. The summed E-state index contributed by atoms with van der Waals surface area (Å²) in [4.78, 5) is 19.8. The number of quaternary nitrogens is 2. The fourth-order valence-electron chi connectivity index (χ4n) is 0.337. The summed E-state index contributed by atoms with van der Waals surface area (Å²) in [6, 6.07) is -1.11. The molecule has 0 aliphatic heterocycles. The number of hydrogen-bond acceptors (Lipinski definition) is 6. The molecule has 0 aromatic heterocycles. The lowest BCUT2D eigenvalue weighted by Crippen LogP contribution is -2.43. The lowest BCUT2D eigenvalue weighted by Gasteiger charge is -2.11. The summed E-state index contributed by atoms with van der Waals surface area (Å²) in [5, 5.41) is 19.8. The second-order valence-corrected chi connectivity index (χ2v) is 2.84. The zero-order valence-electron chi connectivity index (χ0n) is 9.61. The Bertz CT molecular complexity index is 171. The molecule has 0 fully saturated rings. The van der Waals surface area contributed by atoms with Gasteiger partial charge in [-0.2, -0.15) is 11.8 Å². The van der Waals surface area contributed by atoms with E-state index in [1.807, 2.05) is 0 Å². The van der Waals surface area contributed by atoms with Crippen molar-refractivity contribution >= 4 is 23.7 Å². The van der Waals surface area contributed by atoms with Crippen molar-refractivity contribution < 1.29 is 41.7 Å². The van der Waals surface area contributed by atoms with Crippen molar-refractivity contribution in [1.29, 1.82) is 0 Å². The van der Waals surface area contributed by atoms with Crippen LogP contribution in [0.3, 0.4) is 0 Å². The van der Waals surface area contributed by atoms with Gasteiger partial charge in [0, 0.05) is 11.5 Å². The SMILES string of the molecule is N[C@H](CSCC(=O)[O-])C(=O)[O-].O.O.O.O.[NH4+].[NH4+]. The van der Waals surface area contributed by atoms with Crippen LogP contribution in [0.25, 0.3) is 0 Å². The van der Waals surface area contributed by atoms with E-state index < -0.39 is 18.0 Å². The number of nitrogens with two attached hydrogens (primary N) is 1. The van der Waals surface area contributed by atoms with Crippen LogP contribution < -0.4 is 28.2 Å². The Hall–Kier alpha value is -0.990. The highest BCUT2D eigenvalue weighted by Crippen LogP contribution is 1.99. The molecule has 17 heavy (non-hydrogen) atoms. The Morgan fingerprint density at radius 3 is 1.65 bits per heavy atom. The predicted octanol–water partition coefficient (Wildman–Crippen LogP) is -6.00. The van der Waals surface area contributed by atoms with E-state index in [0.717, 1.165) is 11.8 Å². The zero-order valence-corrected chi connectivity index (χ0v) is 10.4. The summed E-state index contributed by atoms with van der Waals surface area (Å²) in [6.07, 6.45) is 0. The molecule has 0 saturated carbocycles. The Balaban J connectivity index is -0.0000000333. The second kappa shape index (κ2) is 24.3. The van der Waals surface area contributed by atoms with E-state index in [1.54, 1.807) is 0 Å². The van der Waals surface area contributed by atoms with Crippen molar-refractivity contribution in [2.45, 2.75) is 6.04 Å². The van der Waals surface area contributed by atoms with E-state index in [-0.39, 0.29) is 45.7 Å². The molecule has 12 heteroatoms. The minimum Gasteiger partial charge on any atom is -0.549 e. The Kier molecular flexibility index (Phi) is 63.5. The number of hydrogen-bond donors (Lipinski definition) is 3. The Morgan fingerprint density at radius 2 is 1.41 bits per heavy atom. The summed E-state index contributed by atoms with van der Waals surface area (Å²) in [5.41, 5.74) is 5.01. The minimum absolute atomic E-state index is 0. The van der Waals surface area contributed by atoms with Gasteiger partial charge in [-0.25, -0.2) is 0 Å². The molecule has 0 rings (SSSR count). The quantitative estimate of drug-likeness (QED) is 0.440. The van der Waals surface area contributed by atoms with Gasteiger partial charge in [0.15, 0.2) is 0 Å². The second-order valence-electron chi connectivity index (χ2n) is 1.81. The van der Waals surface area contributed by atoms with Gasteiger partial charge in [0.05, 0.1) is 18.0 Å². The van der Waals surface area contributed by atoms with Gasteiger partial charge in [-0.15, -0.1) is 0 Å². The predicted molar refractivity (Wildman–Crippen MR) is 61.7 cm³/mol. The first-order valence-corrected chi connectivity index (χ1v) is 3.93. The average molecular weight is 285 g/mol. The highest BCUT2D eigenvalue weighted by molar-refractivity contribution is 7.99. The highest BCUT2D eigenvalue weighted by Gasteiger charge is 2.01. The van der Waals surface area contributed by atoms with E-state index in [4.69, 9.17) is 5.73 Å². The molecule has 0 amide bonds. The molecule has 0 radical (unpaired) electrons. The van der Waals surface area contributed by atoms with Gasteiger partial charge >= 0.3 is 0 Å². The number of carbonyl (C=O) groups is 2. The van der Waals surface area contributed by atoms with Crippen molar-refractivity contribution in [1.82, 2.24) is 12.3 Å². The van der Waals surface area contributed by atoms with Crippen LogP contribution in [0.5, 0.6) is 0 Å². The summed E-state index contributed by atoms with van der Waals surface area (Å²) >= 11 is 0.890. The van der Waals surface area contributed by atoms with Crippen LogP contribution in [0.4, 0.5) is 0 Å². The van der Waals surface area contributed by atoms with Crippen molar-refractivity contribution in [3.8, 4) is 0 Å². The summed E-state index contributed by atoms with van der Waals surface area (Å²) in [5.74, 6) is -2.84. The summed E-state index contributed by atoms with van der Waals surface area (Å²) in [6.45, 7) is 0. The number of aliphatic carboxylic acids is 2. The first-order valence-electron chi connectivity index (χ1n) is 2.78. The van der Waals surface area contributed by atoms with Crippen molar-refractivity contribution in [3.63, 3.8) is 0 Å². The third-order valence-corrected chi connectivity index (χ3v) is 1.85. The zero-order chi connectivity index (χ0) is 8.85. The van der Waals surface area contributed by atoms with E-state index in [0.29, 0.717) is 0 Å². The average Bonchev–Trinajstić information content (AvgIpc) is 1.86. The molecular weight excluding hydrogens is 262 g/mol. The molecule has 11 nitrogen and oxygen atoms in total. The summed E-state index contributed by atoms with van der Waals surface area (Å²) in [7, 11) is 0. The number of thioether (sulfide) groups is 1. The maximum atomic E-state index is 9.96. The maximum Gasteiger partial charge on any atom is 0.0590 e. The van der Waals surface area contributed by atoms with Gasteiger partial charge < -0.3 is 59.7 Å². The molecular formula is C5H23N3O8S. The highest BCUT2D eigenvalue weighted by atomic mass is 32.2. The smallest absolute Gasteiger partial charge is 0.0590 e. The fourth-order valence-corrected chi connectivity index (χ4v) is 1.01.